The van der Waals surface area contributed by atoms with Crippen molar-refractivity contribution in [1.29, 1.82) is 5.41 Å². The van der Waals surface area contributed by atoms with Crippen LogP contribution in [0.25, 0.3) is 0 Å². The van der Waals surface area contributed by atoms with E-state index in [1.807, 2.05) is 13.8 Å². The molecular formula is C10H18N4. The number of hydrogen-bond donors (Lipinski definition) is 3. The molecule has 0 saturated heterocycles. The summed E-state index contributed by atoms with van der Waals surface area (Å²) in [6.45, 7) is 3.75. The zero-order valence-corrected chi connectivity index (χ0v) is 8.91. The van der Waals surface area contributed by atoms with Gasteiger partial charge in [-0.2, -0.15) is 0 Å². The Kier molecular flexibility index (Phi) is 5.29. The summed E-state index contributed by atoms with van der Waals surface area (Å²) in [5.74, 6) is 0.00574. The molecule has 5 N–H and O–H groups in total. The molecule has 0 spiro atoms. The summed E-state index contributed by atoms with van der Waals surface area (Å²) in [5, 5.41) is 7.18. The number of allylic oxidation sites excluding steroid dienone is 3. The van der Waals surface area contributed by atoms with Crippen LogP contribution < -0.4 is 11.5 Å². The molecule has 0 aliphatic heterocycles. The van der Waals surface area contributed by atoms with Gasteiger partial charge in [-0.1, -0.05) is 6.92 Å². The number of rotatable bonds is 4. The molecule has 1 atom stereocenters. The summed E-state index contributed by atoms with van der Waals surface area (Å²) in [7, 11) is 1.69. The molecule has 4 heteroatoms. The lowest BCUT2D eigenvalue weighted by molar-refractivity contribution is 0.858. The van der Waals surface area contributed by atoms with Gasteiger partial charge in [-0.05, 0) is 24.3 Å². The lowest BCUT2D eigenvalue weighted by Gasteiger charge is -2.14. The third-order valence-corrected chi connectivity index (χ3v) is 2.05. The Hall–Kier alpha value is -1.58. The molecule has 0 radical (unpaired) electrons. The molecule has 0 aromatic heterocycles. The van der Waals surface area contributed by atoms with E-state index in [0.717, 1.165) is 11.1 Å². The first-order valence-corrected chi connectivity index (χ1v) is 4.39. The molecule has 0 fully saturated rings. The van der Waals surface area contributed by atoms with Gasteiger partial charge in [-0.3, -0.25) is 4.99 Å². The van der Waals surface area contributed by atoms with Crippen molar-refractivity contribution in [3.63, 3.8) is 0 Å². The van der Waals surface area contributed by atoms with E-state index in [1.165, 1.54) is 12.4 Å². The highest BCUT2D eigenvalue weighted by Crippen LogP contribution is 2.17. The fourth-order valence-electron chi connectivity index (χ4n) is 1.19. The Bertz CT molecular complexity index is 282. The Balaban J connectivity index is 5.06. The van der Waals surface area contributed by atoms with Crippen LogP contribution in [0.4, 0.5) is 0 Å². The smallest absolute Gasteiger partial charge is 0.0277 e. The highest BCUT2D eigenvalue weighted by atomic mass is 14.7. The molecule has 0 aliphatic carbocycles. The fourth-order valence-corrected chi connectivity index (χ4v) is 1.19. The van der Waals surface area contributed by atoms with Gasteiger partial charge in [0.25, 0.3) is 0 Å². The summed E-state index contributed by atoms with van der Waals surface area (Å²) in [5.41, 5.74) is 13.4. The average Bonchev–Trinajstić information content (AvgIpc) is 2.15. The van der Waals surface area contributed by atoms with Crippen molar-refractivity contribution in [1.82, 2.24) is 0 Å². The minimum atomic E-state index is 0.00574. The molecule has 0 amide bonds. The fraction of sp³-hybridized carbons (Fsp3) is 0.400. The van der Waals surface area contributed by atoms with Crippen LogP contribution in [0.3, 0.4) is 0 Å². The maximum absolute atomic E-state index is 7.18. The maximum atomic E-state index is 7.18. The number of aliphatic imine (C=N–C) groups is 1. The summed E-state index contributed by atoms with van der Waals surface area (Å²) in [6.07, 6.45) is 4.36. The Morgan fingerprint density at radius 3 is 2.36 bits per heavy atom. The molecule has 0 heterocycles. The quantitative estimate of drug-likeness (QED) is 0.584. The van der Waals surface area contributed by atoms with Gasteiger partial charge in [-0.15, -0.1) is 0 Å². The largest absolute Gasteiger partial charge is 0.404 e. The molecule has 0 saturated carbocycles. The number of nitrogens with two attached hydrogens (primary N) is 2. The van der Waals surface area contributed by atoms with Crippen LogP contribution in [-0.4, -0.2) is 19.5 Å². The molecule has 0 aromatic carbocycles. The number of nitrogens with one attached hydrogen (secondary N) is 1. The second-order valence-electron chi connectivity index (χ2n) is 3.06. The van der Waals surface area contributed by atoms with Gasteiger partial charge in [0.1, 0.15) is 0 Å². The topological polar surface area (TPSA) is 88.2 Å². The van der Waals surface area contributed by atoms with Gasteiger partial charge >= 0.3 is 0 Å². The van der Waals surface area contributed by atoms with Crippen LogP contribution in [0.15, 0.2) is 28.0 Å². The van der Waals surface area contributed by atoms with E-state index in [2.05, 4.69) is 4.99 Å². The second kappa shape index (κ2) is 5.96. The highest BCUT2D eigenvalue weighted by Gasteiger charge is 2.12. The summed E-state index contributed by atoms with van der Waals surface area (Å²) >= 11 is 0. The van der Waals surface area contributed by atoms with Gasteiger partial charge in [0, 0.05) is 31.1 Å². The minimum Gasteiger partial charge on any atom is -0.404 e. The molecule has 0 aliphatic rings. The van der Waals surface area contributed by atoms with Crippen LogP contribution in [0, 0.1) is 11.3 Å². The normalized spacial score (nSPS) is 16.6. The van der Waals surface area contributed by atoms with Gasteiger partial charge < -0.3 is 16.9 Å². The van der Waals surface area contributed by atoms with Crippen LogP contribution >= 0.6 is 0 Å². The monoisotopic (exact) mass is 194 g/mol. The molecular weight excluding hydrogens is 176 g/mol. The molecule has 1 unspecified atom stereocenters. The van der Waals surface area contributed by atoms with E-state index < -0.39 is 0 Å². The summed E-state index contributed by atoms with van der Waals surface area (Å²) in [6, 6.07) is 0. The molecule has 78 valence electrons. The van der Waals surface area contributed by atoms with E-state index in [9.17, 15) is 0 Å². The van der Waals surface area contributed by atoms with Crippen molar-refractivity contribution < 1.29 is 0 Å². The molecule has 4 nitrogen and oxygen atoms in total. The standard InChI is InChI=1S/C10H18N4/c1-7(9(4-11)5-12)10(6-14-3)8(2)13/h4-7,11H,12-13H2,1-3H3/b9-5+,10-8?,11-4?,14-6?. The molecule has 0 bridgehead atoms. The first-order valence-electron chi connectivity index (χ1n) is 4.39. The first-order chi connectivity index (χ1) is 6.58. The van der Waals surface area contributed by atoms with E-state index in [-0.39, 0.29) is 5.92 Å². The van der Waals surface area contributed by atoms with Crippen molar-refractivity contribution in [2.45, 2.75) is 13.8 Å². The Labute approximate surface area is 84.9 Å². The predicted octanol–water partition coefficient (Wildman–Crippen LogP) is 1.05. The van der Waals surface area contributed by atoms with E-state index in [1.54, 1.807) is 13.3 Å². The minimum absolute atomic E-state index is 0.00574. The van der Waals surface area contributed by atoms with Crippen molar-refractivity contribution in [3.05, 3.63) is 23.0 Å². The van der Waals surface area contributed by atoms with Gasteiger partial charge in [0.2, 0.25) is 0 Å². The lowest BCUT2D eigenvalue weighted by Crippen LogP contribution is -2.12. The predicted molar refractivity (Wildman–Crippen MR) is 61.5 cm³/mol. The van der Waals surface area contributed by atoms with Crippen molar-refractivity contribution in [2.75, 3.05) is 7.05 Å². The third kappa shape index (κ3) is 3.05. The van der Waals surface area contributed by atoms with Gasteiger partial charge in [-0.25, -0.2) is 0 Å². The van der Waals surface area contributed by atoms with Crippen molar-refractivity contribution >= 4 is 12.4 Å². The Morgan fingerprint density at radius 2 is 2.07 bits per heavy atom. The zero-order valence-electron chi connectivity index (χ0n) is 8.91. The molecule has 0 aromatic rings. The van der Waals surface area contributed by atoms with Crippen LogP contribution in [0.5, 0.6) is 0 Å². The second-order valence-corrected chi connectivity index (χ2v) is 3.06. The van der Waals surface area contributed by atoms with Gasteiger partial charge in [0.15, 0.2) is 0 Å². The summed E-state index contributed by atoms with van der Waals surface area (Å²) in [4.78, 5) is 3.92. The van der Waals surface area contributed by atoms with E-state index in [4.69, 9.17) is 16.9 Å². The summed E-state index contributed by atoms with van der Waals surface area (Å²) < 4.78 is 0. The third-order valence-electron chi connectivity index (χ3n) is 2.05. The molecule has 14 heavy (non-hydrogen) atoms. The number of hydrogen-bond acceptors (Lipinski definition) is 4. The Morgan fingerprint density at radius 1 is 1.50 bits per heavy atom. The SMILES string of the molecule is CN=CC(=C(C)N)C(C)/C(C=N)=C/N. The van der Waals surface area contributed by atoms with Gasteiger partial charge in [0.05, 0.1) is 0 Å². The lowest BCUT2D eigenvalue weighted by atomic mass is 9.93. The van der Waals surface area contributed by atoms with Crippen LogP contribution in [0.1, 0.15) is 13.8 Å². The number of nitrogens with zero attached hydrogens (tertiary/aromatic N) is 1. The molecule has 0 rings (SSSR count). The first kappa shape index (κ1) is 12.4. The van der Waals surface area contributed by atoms with Crippen LogP contribution in [0.2, 0.25) is 0 Å². The maximum Gasteiger partial charge on any atom is 0.0277 e. The zero-order chi connectivity index (χ0) is 11.1. The van der Waals surface area contributed by atoms with Crippen LogP contribution in [-0.2, 0) is 0 Å². The van der Waals surface area contributed by atoms with E-state index in [0.29, 0.717) is 5.70 Å². The van der Waals surface area contributed by atoms with Crippen molar-refractivity contribution in [3.8, 4) is 0 Å². The van der Waals surface area contributed by atoms with Crippen molar-refractivity contribution in [2.24, 2.45) is 22.4 Å². The average molecular weight is 194 g/mol. The van der Waals surface area contributed by atoms with E-state index >= 15 is 0 Å². The highest BCUT2D eigenvalue weighted by molar-refractivity contribution is 5.86.